The number of aryl methyl sites for hydroxylation is 1. The Bertz CT molecular complexity index is 1320. The van der Waals surface area contributed by atoms with Gasteiger partial charge in [-0.3, -0.25) is 9.36 Å². The lowest BCUT2D eigenvalue weighted by Crippen LogP contribution is -2.23. The fourth-order valence-electron chi connectivity index (χ4n) is 3.17. The van der Waals surface area contributed by atoms with Gasteiger partial charge in [-0.25, -0.2) is 14.4 Å². The van der Waals surface area contributed by atoms with E-state index in [9.17, 15) is 18.7 Å². The Morgan fingerprint density at radius 2 is 1.90 bits per heavy atom. The molecule has 0 unspecified atom stereocenters. The highest BCUT2D eigenvalue weighted by Gasteiger charge is 2.16. The lowest BCUT2D eigenvalue weighted by Gasteiger charge is -2.13. The summed E-state index contributed by atoms with van der Waals surface area (Å²) in [5, 5.41) is 12.3. The maximum Gasteiger partial charge on any atom is 0.257 e. The maximum absolute atomic E-state index is 14.8. The van der Waals surface area contributed by atoms with Gasteiger partial charge in [0.15, 0.2) is 5.82 Å². The highest BCUT2D eigenvalue weighted by atomic mass is 32.1. The van der Waals surface area contributed by atoms with Gasteiger partial charge in [0.1, 0.15) is 11.5 Å². The predicted octanol–water partition coefficient (Wildman–Crippen LogP) is 4.08. The molecule has 0 atom stereocenters. The van der Waals surface area contributed by atoms with Crippen LogP contribution in [0.5, 0.6) is 5.88 Å². The largest absolute Gasteiger partial charge is 0.493 e. The van der Waals surface area contributed by atoms with Crippen molar-refractivity contribution in [3.05, 3.63) is 80.2 Å². The first-order chi connectivity index (χ1) is 14.3. The van der Waals surface area contributed by atoms with E-state index in [0.717, 1.165) is 11.1 Å². The molecule has 0 fully saturated rings. The Labute approximate surface area is 174 Å². The molecule has 0 aliphatic heterocycles. The van der Waals surface area contributed by atoms with Crippen molar-refractivity contribution in [1.82, 2.24) is 19.5 Å². The molecule has 0 aliphatic rings. The third-order valence-electron chi connectivity index (χ3n) is 4.65. The van der Waals surface area contributed by atoms with Gasteiger partial charge in [0, 0.05) is 22.7 Å². The summed E-state index contributed by atoms with van der Waals surface area (Å²) in [5.74, 6) is -1.41. The van der Waals surface area contributed by atoms with Crippen LogP contribution in [-0.2, 0) is 6.54 Å². The van der Waals surface area contributed by atoms with Crippen molar-refractivity contribution in [2.45, 2.75) is 20.4 Å². The van der Waals surface area contributed by atoms with Gasteiger partial charge in [-0.2, -0.15) is 9.37 Å². The zero-order valence-electron chi connectivity index (χ0n) is 16.1. The first-order valence-electron chi connectivity index (χ1n) is 8.96. The third kappa shape index (κ3) is 3.71. The van der Waals surface area contributed by atoms with Gasteiger partial charge in [0.25, 0.3) is 5.56 Å². The quantitative estimate of drug-likeness (QED) is 0.498. The van der Waals surface area contributed by atoms with E-state index in [2.05, 4.69) is 15.0 Å². The topological polar surface area (TPSA) is 80.9 Å². The van der Waals surface area contributed by atoms with Crippen LogP contribution in [0.3, 0.4) is 0 Å². The summed E-state index contributed by atoms with van der Waals surface area (Å²) in [7, 11) is 0. The fourth-order valence-corrected chi connectivity index (χ4v) is 3.76. The second kappa shape index (κ2) is 7.75. The van der Waals surface area contributed by atoms with E-state index in [-0.39, 0.29) is 23.5 Å². The van der Waals surface area contributed by atoms with E-state index in [0.29, 0.717) is 16.8 Å². The number of pyridine rings is 1. The zero-order valence-corrected chi connectivity index (χ0v) is 16.9. The van der Waals surface area contributed by atoms with Crippen molar-refractivity contribution in [3.63, 3.8) is 0 Å². The van der Waals surface area contributed by atoms with Gasteiger partial charge in [0.05, 0.1) is 17.6 Å². The van der Waals surface area contributed by atoms with Crippen LogP contribution in [-0.4, -0.2) is 24.6 Å². The molecule has 4 rings (SSSR count). The maximum atomic E-state index is 14.8. The molecule has 0 bridgehead atoms. The smallest absolute Gasteiger partial charge is 0.257 e. The van der Waals surface area contributed by atoms with Crippen LogP contribution < -0.4 is 5.56 Å². The zero-order chi connectivity index (χ0) is 21.4. The van der Waals surface area contributed by atoms with E-state index in [1.54, 1.807) is 17.5 Å². The number of aromatic nitrogens is 4. The van der Waals surface area contributed by atoms with Crippen LogP contribution in [0.25, 0.3) is 22.6 Å². The van der Waals surface area contributed by atoms with Crippen molar-refractivity contribution in [2.75, 3.05) is 0 Å². The Morgan fingerprint density at radius 3 is 2.60 bits per heavy atom. The molecule has 0 radical (unpaired) electrons. The molecule has 9 heteroatoms. The molecule has 30 heavy (non-hydrogen) atoms. The summed E-state index contributed by atoms with van der Waals surface area (Å²) >= 11 is 1.39. The number of nitrogens with zero attached hydrogens (tertiary/aromatic N) is 4. The Morgan fingerprint density at radius 1 is 1.10 bits per heavy atom. The van der Waals surface area contributed by atoms with Crippen LogP contribution in [0.1, 0.15) is 16.1 Å². The molecule has 3 heterocycles. The average molecular weight is 426 g/mol. The Kier molecular flexibility index (Phi) is 5.13. The van der Waals surface area contributed by atoms with E-state index >= 15 is 0 Å². The highest BCUT2D eigenvalue weighted by Crippen LogP contribution is 2.28. The van der Waals surface area contributed by atoms with Crippen LogP contribution in [0.4, 0.5) is 8.78 Å². The van der Waals surface area contributed by atoms with Crippen molar-refractivity contribution in [3.8, 4) is 28.5 Å². The Hall–Kier alpha value is -3.46. The van der Waals surface area contributed by atoms with Gasteiger partial charge in [0.2, 0.25) is 11.8 Å². The summed E-state index contributed by atoms with van der Waals surface area (Å²) in [6.45, 7) is 3.38. The van der Waals surface area contributed by atoms with Crippen molar-refractivity contribution < 1.29 is 13.9 Å². The average Bonchev–Trinajstić information content (AvgIpc) is 3.13. The van der Waals surface area contributed by atoms with Crippen LogP contribution in [0.2, 0.25) is 0 Å². The molecular weight excluding hydrogens is 410 g/mol. The summed E-state index contributed by atoms with van der Waals surface area (Å²) in [4.78, 5) is 24.4. The van der Waals surface area contributed by atoms with Gasteiger partial charge >= 0.3 is 0 Å². The van der Waals surface area contributed by atoms with E-state index in [4.69, 9.17) is 0 Å². The number of hydrogen-bond donors (Lipinski definition) is 1. The molecule has 1 aromatic carbocycles. The summed E-state index contributed by atoms with van der Waals surface area (Å²) < 4.78 is 29.9. The number of benzene rings is 1. The number of thiazole rings is 1. The molecule has 0 saturated heterocycles. The van der Waals surface area contributed by atoms with Gasteiger partial charge in [-0.1, -0.05) is 12.1 Å². The molecular formula is C21H16F2N4O2S. The van der Waals surface area contributed by atoms with Gasteiger partial charge in [-0.05, 0) is 37.1 Å². The lowest BCUT2D eigenvalue weighted by molar-refractivity contribution is 0.448. The normalized spacial score (nSPS) is 11.1. The SMILES string of the molecule is Cc1nc(-c2nc(O)cc(=O)n2Cc2ccc(-c3ccnc(F)c3C)c(F)c2)cs1. The van der Waals surface area contributed by atoms with E-state index < -0.39 is 23.2 Å². The van der Waals surface area contributed by atoms with Gasteiger partial charge < -0.3 is 5.11 Å². The molecule has 152 valence electrons. The molecule has 6 nitrogen and oxygen atoms in total. The third-order valence-corrected chi connectivity index (χ3v) is 5.42. The molecule has 0 amide bonds. The first-order valence-corrected chi connectivity index (χ1v) is 9.84. The molecule has 0 saturated carbocycles. The second-order valence-corrected chi connectivity index (χ2v) is 7.76. The number of aromatic hydroxyl groups is 1. The van der Waals surface area contributed by atoms with Crippen LogP contribution in [0.15, 0.2) is 46.7 Å². The minimum atomic E-state index is -0.652. The molecule has 0 spiro atoms. The fraction of sp³-hybridized carbons (Fsp3) is 0.143. The first kappa shape index (κ1) is 19.8. The number of halogens is 2. The Balaban J connectivity index is 1.75. The van der Waals surface area contributed by atoms with Crippen molar-refractivity contribution >= 4 is 11.3 Å². The summed E-state index contributed by atoms with van der Waals surface area (Å²) in [6.07, 6.45) is 1.29. The molecule has 3 aromatic heterocycles. The minimum Gasteiger partial charge on any atom is -0.493 e. The van der Waals surface area contributed by atoms with E-state index in [1.165, 1.54) is 41.2 Å². The number of rotatable bonds is 4. The van der Waals surface area contributed by atoms with Crippen LogP contribution >= 0.6 is 11.3 Å². The predicted molar refractivity (Wildman–Crippen MR) is 109 cm³/mol. The highest BCUT2D eigenvalue weighted by molar-refractivity contribution is 7.09. The summed E-state index contributed by atoms with van der Waals surface area (Å²) in [6, 6.07) is 7.04. The summed E-state index contributed by atoms with van der Waals surface area (Å²) in [5.41, 5.74) is 1.37. The molecule has 4 aromatic rings. The van der Waals surface area contributed by atoms with Crippen molar-refractivity contribution in [1.29, 1.82) is 0 Å². The van der Waals surface area contributed by atoms with Crippen molar-refractivity contribution in [2.24, 2.45) is 0 Å². The van der Waals surface area contributed by atoms with E-state index in [1.807, 2.05) is 6.92 Å². The molecule has 1 N–H and O–H groups in total. The minimum absolute atomic E-state index is 0.0267. The monoisotopic (exact) mass is 426 g/mol. The number of hydrogen-bond acceptors (Lipinski definition) is 6. The standard InChI is InChI=1S/C21H16F2N4O2S/c1-11-14(5-6-24-20(11)23)15-4-3-13(7-16(15)22)9-27-19(29)8-18(28)26-21(27)17-10-30-12(2)25-17/h3-8,10,28H,9H2,1-2H3. The van der Waals surface area contributed by atoms with Crippen LogP contribution in [0, 0.1) is 25.6 Å². The lowest BCUT2D eigenvalue weighted by atomic mass is 10.0. The second-order valence-electron chi connectivity index (χ2n) is 6.70. The molecule has 0 aliphatic carbocycles. The van der Waals surface area contributed by atoms with Gasteiger partial charge in [-0.15, -0.1) is 11.3 Å².